The molecule has 1 aromatic heterocycles. The summed E-state index contributed by atoms with van der Waals surface area (Å²) in [5.41, 5.74) is -0.719. The van der Waals surface area contributed by atoms with Gasteiger partial charge in [-0.1, -0.05) is 54.6 Å². The van der Waals surface area contributed by atoms with Crippen LogP contribution in [-0.2, 0) is 19.7 Å². The quantitative estimate of drug-likeness (QED) is 0.470. The summed E-state index contributed by atoms with van der Waals surface area (Å²) >= 11 is 0. The van der Waals surface area contributed by atoms with Crippen LogP contribution in [0.25, 0.3) is 0 Å². The van der Waals surface area contributed by atoms with Gasteiger partial charge in [-0.3, -0.25) is 14.5 Å². The Labute approximate surface area is 206 Å². The van der Waals surface area contributed by atoms with Gasteiger partial charge in [-0.25, -0.2) is 0 Å². The zero-order chi connectivity index (χ0) is 25.8. The van der Waals surface area contributed by atoms with Crippen molar-refractivity contribution < 1.29 is 27.8 Å². The van der Waals surface area contributed by atoms with Crippen molar-refractivity contribution in [2.45, 2.75) is 44.3 Å². The van der Waals surface area contributed by atoms with Crippen molar-refractivity contribution in [3.63, 3.8) is 0 Å². The Kier molecular flexibility index (Phi) is 7.61. The topological polar surface area (TPSA) is 71.8 Å². The Morgan fingerprint density at radius 1 is 0.972 bits per heavy atom. The summed E-state index contributed by atoms with van der Waals surface area (Å²) in [5.74, 6) is 0.179. The first-order valence-electron chi connectivity index (χ1n) is 11.6. The monoisotopic (exact) mass is 500 g/mol. The first-order valence-corrected chi connectivity index (χ1v) is 11.6. The number of nitrogens with zero attached hydrogens (tertiary/aromatic N) is 2. The van der Waals surface area contributed by atoms with E-state index in [4.69, 9.17) is 4.74 Å². The van der Waals surface area contributed by atoms with Crippen LogP contribution in [0, 0.1) is 0 Å². The summed E-state index contributed by atoms with van der Waals surface area (Å²) in [5, 5.41) is 9.80. The number of rotatable bonds is 8. The van der Waals surface area contributed by atoms with E-state index in [9.17, 15) is 27.9 Å². The van der Waals surface area contributed by atoms with Crippen LogP contribution >= 0.6 is 0 Å². The van der Waals surface area contributed by atoms with Crippen LogP contribution in [0.15, 0.2) is 77.7 Å². The smallest absolute Gasteiger partial charge is 0.417 e. The number of carbonyl (C=O) groups excluding carboxylic acids is 1. The van der Waals surface area contributed by atoms with Crippen LogP contribution in [0.5, 0.6) is 5.75 Å². The van der Waals surface area contributed by atoms with E-state index in [-0.39, 0.29) is 43.8 Å². The lowest BCUT2D eigenvalue weighted by Crippen LogP contribution is -2.53. The second-order valence-corrected chi connectivity index (χ2v) is 9.03. The standard InChI is InChI=1S/C27H27F3N2O4/c28-27(29,30)26(35)11-14-31(15-12-26)17-20-6-8-22(9-7-20)24(33)18-32-13-10-23(16-25(32)34)36-19-21-4-2-1-3-5-21/h1-10,13,16,35H,11-12,14-15,17-19H2. The van der Waals surface area contributed by atoms with E-state index >= 15 is 0 Å². The number of hydrogen-bond donors (Lipinski definition) is 1. The molecule has 1 fully saturated rings. The molecule has 2 aromatic carbocycles. The molecule has 0 atom stereocenters. The highest BCUT2D eigenvalue weighted by atomic mass is 19.4. The number of aromatic nitrogens is 1. The second kappa shape index (κ2) is 10.7. The zero-order valence-corrected chi connectivity index (χ0v) is 19.6. The lowest BCUT2D eigenvalue weighted by atomic mass is 9.90. The van der Waals surface area contributed by atoms with Crippen molar-refractivity contribution in [3.05, 3.63) is 100.0 Å². The van der Waals surface area contributed by atoms with Crippen LogP contribution in [0.1, 0.15) is 34.3 Å². The van der Waals surface area contributed by atoms with Gasteiger partial charge >= 0.3 is 6.18 Å². The number of piperidine rings is 1. The molecule has 0 amide bonds. The van der Waals surface area contributed by atoms with E-state index in [1.54, 1.807) is 30.3 Å². The van der Waals surface area contributed by atoms with Gasteiger partial charge in [0.25, 0.3) is 5.56 Å². The number of benzene rings is 2. The molecule has 36 heavy (non-hydrogen) atoms. The molecule has 6 nitrogen and oxygen atoms in total. The first kappa shape index (κ1) is 25.7. The molecule has 0 bridgehead atoms. The molecule has 0 radical (unpaired) electrons. The number of likely N-dealkylation sites (tertiary alicyclic amines) is 1. The van der Waals surface area contributed by atoms with Crippen molar-refractivity contribution in [1.29, 1.82) is 0 Å². The van der Waals surface area contributed by atoms with Crippen molar-refractivity contribution in [3.8, 4) is 5.75 Å². The van der Waals surface area contributed by atoms with Crippen LogP contribution in [0.3, 0.4) is 0 Å². The van der Waals surface area contributed by atoms with Crippen LogP contribution in [0.2, 0.25) is 0 Å². The molecule has 0 saturated carbocycles. The number of alkyl halides is 3. The summed E-state index contributed by atoms with van der Waals surface area (Å²) in [6.07, 6.45) is -3.83. The number of ether oxygens (including phenoxy) is 1. The van der Waals surface area contributed by atoms with Gasteiger partial charge in [0.05, 0.1) is 6.54 Å². The third-order valence-electron chi connectivity index (χ3n) is 6.42. The molecule has 190 valence electrons. The van der Waals surface area contributed by atoms with Crippen LogP contribution in [-0.4, -0.2) is 45.2 Å². The van der Waals surface area contributed by atoms with Gasteiger partial charge in [0.2, 0.25) is 0 Å². The molecular formula is C27H27F3N2O4. The summed E-state index contributed by atoms with van der Waals surface area (Å²) < 4.78 is 45.9. The third-order valence-corrected chi connectivity index (χ3v) is 6.42. The van der Waals surface area contributed by atoms with E-state index in [0.717, 1.165) is 11.1 Å². The summed E-state index contributed by atoms with van der Waals surface area (Å²) in [4.78, 5) is 27.0. The van der Waals surface area contributed by atoms with E-state index in [2.05, 4.69) is 0 Å². The number of halogens is 3. The molecule has 0 aliphatic carbocycles. The third kappa shape index (κ3) is 6.22. The number of ketones is 1. The molecule has 3 aromatic rings. The summed E-state index contributed by atoms with van der Waals surface area (Å²) in [7, 11) is 0. The fraction of sp³-hybridized carbons (Fsp3) is 0.333. The predicted octanol–water partition coefficient (Wildman–Crippen LogP) is 4.20. The molecule has 1 aliphatic rings. The second-order valence-electron chi connectivity index (χ2n) is 9.03. The number of hydrogen-bond acceptors (Lipinski definition) is 5. The minimum absolute atomic E-state index is 0.126. The van der Waals surface area contributed by atoms with Crippen LogP contribution < -0.4 is 10.3 Å². The van der Waals surface area contributed by atoms with Gasteiger partial charge in [-0.05, 0) is 30.0 Å². The van der Waals surface area contributed by atoms with E-state index in [1.807, 2.05) is 35.2 Å². The van der Waals surface area contributed by atoms with Crippen molar-refractivity contribution in [2.24, 2.45) is 0 Å². The van der Waals surface area contributed by atoms with Crippen molar-refractivity contribution in [1.82, 2.24) is 9.47 Å². The average molecular weight is 501 g/mol. The zero-order valence-electron chi connectivity index (χ0n) is 19.6. The van der Waals surface area contributed by atoms with E-state index < -0.39 is 11.8 Å². The number of aliphatic hydroxyl groups is 1. The Hall–Kier alpha value is -3.43. The molecule has 9 heteroatoms. The largest absolute Gasteiger partial charge is 0.489 e. The Morgan fingerprint density at radius 3 is 2.25 bits per heavy atom. The number of pyridine rings is 1. The van der Waals surface area contributed by atoms with Gasteiger partial charge in [0.1, 0.15) is 12.4 Å². The minimum Gasteiger partial charge on any atom is -0.489 e. The van der Waals surface area contributed by atoms with Gasteiger partial charge in [0.15, 0.2) is 11.4 Å². The fourth-order valence-corrected chi connectivity index (χ4v) is 4.12. The molecule has 2 heterocycles. The van der Waals surface area contributed by atoms with Gasteiger partial charge < -0.3 is 14.4 Å². The fourth-order valence-electron chi connectivity index (χ4n) is 4.12. The van der Waals surface area contributed by atoms with Crippen LogP contribution in [0.4, 0.5) is 13.2 Å². The van der Waals surface area contributed by atoms with Crippen molar-refractivity contribution >= 4 is 5.78 Å². The Morgan fingerprint density at radius 2 is 1.64 bits per heavy atom. The normalized spacial score (nSPS) is 16.0. The molecular weight excluding hydrogens is 473 g/mol. The average Bonchev–Trinajstić information content (AvgIpc) is 2.86. The predicted molar refractivity (Wildman–Crippen MR) is 128 cm³/mol. The molecule has 0 spiro atoms. The van der Waals surface area contributed by atoms with Crippen molar-refractivity contribution in [2.75, 3.05) is 13.1 Å². The van der Waals surface area contributed by atoms with Gasteiger partial charge in [0, 0.05) is 37.5 Å². The molecule has 1 aliphatic heterocycles. The maximum absolute atomic E-state index is 13.0. The molecule has 1 N–H and O–H groups in total. The molecule has 1 saturated heterocycles. The summed E-state index contributed by atoms with van der Waals surface area (Å²) in [6, 6.07) is 19.3. The molecule has 0 unspecified atom stereocenters. The number of carbonyl (C=O) groups is 1. The lowest BCUT2D eigenvalue weighted by Gasteiger charge is -2.39. The minimum atomic E-state index is -4.63. The van der Waals surface area contributed by atoms with Gasteiger partial charge in [-0.15, -0.1) is 0 Å². The summed E-state index contributed by atoms with van der Waals surface area (Å²) in [6.45, 7) is 0.886. The number of Topliss-reactive ketones (excluding diaryl/α,β-unsaturated/α-hetero) is 1. The van der Waals surface area contributed by atoms with Gasteiger partial charge in [-0.2, -0.15) is 13.2 Å². The highest BCUT2D eigenvalue weighted by Crippen LogP contribution is 2.38. The Bertz CT molecular complexity index is 1230. The van der Waals surface area contributed by atoms with E-state index in [1.165, 1.54) is 16.8 Å². The Balaban J connectivity index is 1.30. The highest BCUT2D eigenvalue weighted by molar-refractivity contribution is 5.95. The van der Waals surface area contributed by atoms with E-state index in [0.29, 0.717) is 24.5 Å². The first-order chi connectivity index (χ1) is 17.1. The lowest BCUT2D eigenvalue weighted by molar-refractivity contribution is -0.272. The SMILES string of the molecule is O=C(Cn1ccc(OCc2ccccc2)cc1=O)c1ccc(CN2CCC(O)(C(F)(F)F)CC2)cc1. The highest BCUT2D eigenvalue weighted by Gasteiger charge is 2.54. The maximum Gasteiger partial charge on any atom is 0.417 e. The maximum atomic E-state index is 13.0. The molecule has 4 rings (SSSR count).